The van der Waals surface area contributed by atoms with Crippen molar-refractivity contribution < 1.29 is 13.9 Å². The summed E-state index contributed by atoms with van der Waals surface area (Å²) in [7, 11) is 0. The van der Waals surface area contributed by atoms with E-state index >= 15 is 0 Å². The van der Waals surface area contributed by atoms with Crippen molar-refractivity contribution in [2.45, 2.75) is 45.6 Å². The molecule has 1 aromatic heterocycles. The first-order valence-corrected chi connectivity index (χ1v) is 10.8. The van der Waals surface area contributed by atoms with Crippen LogP contribution in [-0.4, -0.2) is 40.2 Å². The fourth-order valence-corrected chi connectivity index (χ4v) is 3.92. The largest absolute Gasteiger partial charge is 0.494 e. The van der Waals surface area contributed by atoms with Gasteiger partial charge in [-0.25, -0.2) is 4.39 Å². The summed E-state index contributed by atoms with van der Waals surface area (Å²) in [5, 5.41) is 6.87. The van der Waals surface area contributed by atoms with Crippen LogP contribution >= 0.6 is 0 Å². The molecule has 1 N–H and O–H groups in total. The Kier molecular flexibility index (Phi) is 6.35. The van der Waals surface area contributed by atoms with Crippen LogP contribution in [0.4, 0.5) is 4.39 Å². The number of H-pyrrole nitrogens is 1. The molecule has 0 bridgehead atoms. The molecule has 31 heavy (non-hydrogen) atoms. The predicted octanol–water partition coefficient (Wildman–Crippen LogP) is 5.30. The molecule has 5 nitrogen and oxygen atoms in total. The molecular weight excluding hydrogens is 393 g/mol. The molecule has 1 aliphatic carbocycles. The molecule has 0 atom stereocenters. The molecule has 6 heteroatoms. The minimum Gasteiger partial charge on any atom is -0.494 e. The highest BCUT2D eigenvalue weighted by Gasteiger charge is 2.30. The number of nitrogens with zero attached hydrogens (tertiary/aromatic N) is 2. The summed E-state index contributed by atoms with van der Waals surface area (Å²) < 4.78 is 19.2. The SMILES string of the molecule is Cc1ccc(-c2cn[nH]c2)c(C(=O)N(CCCOc2ccc(F)c(C)c2)C2CCC2)c1. The normalized spacial score (nSPS) is 13.6. The van der Waals surface area contributed by atoms with Crippen LogP contribution in [0.3, 0.4) is 0 Å². The van der Waals surface area contributed by atoms with Gasteiger partial charge in [0.05, 0.1) is 12.8 Å². The Hall–Kier alpha value is -3.15. The zero-order valence-electron chi connectivity index (χ0n) is 18.0. The smallest absolute Gasteiger partial charge is 0.254 e. The number of rotatable bonds is 8. The maximum absolute atomic E-state index is 13.6. The van der Waals surface area contributed by atoms with E-state index in [1.807, 2.05) is 36.2 Å². The van der Waals surface area contributed by atoms with Gasteiger partial charge in [-0.1, -0.05) is 17.7 Å². The maximum Gasteiger partial charge on any atom is 0.254 e. The van der Waals surface area contributed by atoms with Crippen LogP contribution in [0.15, 0.2) is 48.8 Å². The molecule has 0 aliphatic heterocycles. The Bertz CT molecular complexity index is 1040. The highest BCUT2D eigenvalue weighted by atomic mass is 19.1. The minimum absolute atomic E-state index is 0.0576. The number of ether oxygens (including phenoxy) is 1. The number of halogens is 1. The van der Waals surface area contributed by atoms with E-state index in [-0.39, 0.29) is 17.8 Å². The third kappa shape index (κ3) is 4.79. The predicted molar refractivity (Wildman–Crippen MR) is 119 cm³/mol. The van der Waals surface area contributed by atoms with Gasteiger partial charge in [-0.3, -0.25) is 9.89 Å². The first kappa shape index (κ1) is 21.1. The van der Waals surface area contributed by atoms with Crippen LogP contribution in [0.1, 0.15) is 47.2 Å². The average molecular weight is 422 g/mol. The number of carbonyl (C=O) groups excluding carboxylic acids is 1. The molecule has 3 aromatic rings. The van der Waals surface area contributed by atoms with Crippen LogP contribution in [0.2, 0.25) is 0 Å². The van der Waals surface area contributed by atoms with Crippen LogP contribution in [-0.2, 0) is 0 Å². The van der Waals surface area contributed by atoms with E-state index in [9.17, 15) is 9.18 Å². The zero-order chi connectivity index (χ0) is 21.8. The first-order chi connectivity index (χ1) is 15.0. The van der Waals surface area contributed by atoms with Crippen LogP contribution in [0.5, 0.6) is 5.75 Å². The Labute approximate surface area is 182 Å². The summed E-state index contributed by atoms with van der Waals surface area (Å²) in [5.74, 6) is 0.476. The van der Waals surface area contributed by atoms with Gasteiger partial charge in [-0.05, 0) is 74.9 Å². The lowest BCUT2D eigenvalue weighted by atomic mass is 9.90. The van der Waals surface area contributed by atoms with E-state index in [1.54, 1.807) is 25.3 Å². The first-order valence-electron chi connectivity index (χ1n) is 10.8. The van der Waals surface area contributed by atoms with Gasteiger partial charge in [0.25, 0.3) is 5.91 Å². The Morgan fingerprint density at radius 1 is 1.23 bits per heavy atom. The van der Waals surface area contributed by atoms with Gasteiger partial charge in [0.2, 0.25) is 0 Å². The zero-order valence-corrected chi connectivity index (χ0v) is 18.0. The summed E-state index contributed by atoms with van der Waals surface area (Å²) in [5.41, 5.74) is 4.14. The highest BCUT2D eigenvalue weighted by molar-refractivity contribution is 6.01. The van der Waals surface area contributed by atoms with Crippen LogP contribution < -0.4 is 4.74 Å². The van der Waals surface area contributed by atoms with E-state index in [0.29, 0.717) is 36.4 Å². The van der Waals surface area contributed by atoms with Gasteiger partial charge >= 0.3 is 0 Å². The van der Waals surface area contributed by atoms with Crippen molar-refractivity contribution in [3.8, 4) is 16.9 Å². The van der Waals surface area contributed by atoms with Crippen LogP contribution in [0, 0.1) is 19.7 Å². The van der Waals surface area contributed by atoms with Gasteiger partial charge in [0.1, 0.15) is 11.6 Å². The molecule has 0 saturated heterocycles. The summed E-state index contributed by atoms with van der Waals surface area (Å²) in [4.78, 5) is 15.6. The summed E-state index contributed by atoms with van der Waals surface area (Å²) in [6.45, 7) is 4.83. The Morgan fingerprint density at radius 3 is 2.74 bits per heavy atom. The van der Waals surface area contributed by atoms with Gasteiger partial charge in [0, 0.05) is 29.9 Å². The molecule has 1 fully saturated rings. The molecule has 2 aromatic carbocycles. The maximum atomic E-state index is 13.6. The number of benzene rings is 2. The quantitative estimate of drug-likeness (QED) is 0.503. The van der Waals surface area contributed by atoms with Crippen molar-refractivity contribution in [1.82, 2.24) is 15.1 Å². The van der Waals surface area contributed by atoms with Crippen LogP contribution in [0.25, 0.3) is 11.1 Å². The van der Waals surface area contributed by atoms with E-state index in [0.717, 1.165) is 36.0 Å². The molecule has 162 valence electrons. The number of carbonyl (C=O) groups is 1. The standard InChI is InChI=1S/C25H28FN3O2/c1-17-7-9-22(19-15-27-28-16-19)23(13-17)25(30)29(20-5-3-6-20)11-4-12-31-21-8-10-24(26)18(2)14-21/h7-10,13-16,20H,3-6,11-12H2,1-2H3,(H,27,28). The van der Waals surface area contributed by atoms with Crippen molar-refractivity contribution >= 4 is 5.91 Å². The topological polar surface area (TPSA) is 58.2 Å². The Morgan fingerprint density at radius 2 is 2.06 bits per heavy atom. The van der Waals surface area contributed by atoms with Crippen molar-refractivity contribution in [3.05, 3.63) is 71.3 Å². The second kappa shape index (κ2) is 9.33. The molecule has 1 heterocycles. The van der Waals surface area contributed by atoms with Gasteiger partial charge in [-0.15, -0.1) is 0 Å². The second-order valence-corrected chi connectivity index (χ2v) is 8.23. The van der Waals surface area contributed by atoms with Crippen molar-refractivity contribution in [2.75, 3.05) is 13.2 Å². The number of aromatic amines is 1. The number of nitrogens with one attached hydrogen (secondary N) is 1. The van der Waals surface area contributed by atoms with Crippen molar-refractivity contribution in [1.29, 1.82) is 0 Å². The lowest BCUT2D eigenvalue weighted by Gasteiger charge is -2.38. The molecule has 4 rings (SSSR count). The van der Waals surface area contributed by atoms with E-state index in [4.69, 9.17) is 4.74 Å². The lowest BCUT2D eigenvalue weighted by Crippen LogP contribution is -2.45. The third-order valence-electron chi connectivity index (χ3n) is 5.93. The fourth-order valence-electron chi connectivity index (χ4n) is 3.92. The van der Waals surface area contributed by atoms with Crippen molar-refractivity contribution in [3.63, 3.8) is 0 Å². The van der Waals surface area contributed by atoms with Gasteiger partial charge in [-0.2, -0.15) is 5.10 Å². The monoisotopic (exact) mass is 421 g/mol. The molecule has 0 spiro atoms. The lowest BCUT2D eigenvalue weighted by molar-refractivity contribution is 0.0566. The number of amides is 1. The molecule has 1 amide bonds. The molecular formula is C25H28FN3O2. The van der Waals surface area contributed by atoms with Gasteiger partial charge in [0.15, 0.2) is 0 Å². The van der Waals surface area contributed by atoms with E-state index in [2.05, 4.69) is 10.2 Å². The number of hydrogen-bond acceptors (Lipinski definition) is 3. The average Bonchev–Trinajstić information content (AvgIpc) is 3.25. The molecule has 1 saturated carbocycles. The van der Waals surface area contributed by atoms with E-state index < -0.39 is 0 Å². The fraction of sp³-hybridized carbons (Fsp3) is 0.360. The summed E-state index contributed by atoms with van der Waals surface area (Å²) in [6.07, 6.45) is 7.50. The third-order valence-corrected chi connectivity index (χ3v) is 5.93. The number of hydrogen-bond donors (Lipinski definition) is 1. The van der Waals surface area contributed by atoms with E-state index in [1.165, 1.54) is 6.07 Å². The Balaban J connectivity index is 1.46. The second-order valence-electron chi connectivity index (χ2n) is 8.23. The highest BCUT2D eigenvalue weighted by Crippen LogP contribution is 2.30. The summed E-state index contributed by atoms with van der Waals surface area (Å²) >= 11 is 0. The molecule has 0 unspecified atom stereocenters. The minimum atomic E-state index is -0.235. The number of aryl methyl sites for hydroxylation is 2. The number of aromatic nitrogens is 2. The van der Waals surface area contributed by atoms with Gasteiger partial charge < -0.3 is 9.64 Å². The van der Waals surface area contributed by atoms with Crippen molar-refractivity contribution in [2.24, 2.45) is 0 Å². The molecule has 1 aliphatic rings. The summed E-state index contributed by atoms with van der Waals surface area (Å²) in [6, 6.07) is 11.0. The molecule has 0 radical (unpaired) electrons.